The highest BCUT2D eigenvalue weighted by Gasteiger charge is 2.62. The van der Waals surface area contributed by atoms with Crippen molar-refractivity contribution in [3.8, 4) is 45.3 Å². The predicted molar refractivity (Wildman–Crippen MR) is 198 cm³/mol. The number of aromatic nitrogens is 3. The third kappa shape index (κ3) is 4.37. The second kappa shape index (κ2) is 10.8. The van der Waals surface area contributed by atoms with Crippen molar-refractivity contribution >= 4 is 0 Å². The summed E-state index contributed by atoms with van der Waals surface area (Å²) >= 11 is 0. The van der Waals surface area contributed by atoms with E-state index in [4.69, 9.17) is 15.0 Å². The SMILES string of the molecule is CC1(C)c2ccccc2C2(c3ccc(-c4nc(-c5ccccc5)nc(-c5ccc(-c6ccccc6)cc5)n4)cc31)C1CC3CC(C1)CC2C3. The molecule has 1 spiro atoms. The Morgan fingerprint density at radius 2 is 0.837 bits per heavy atom. The van der Waals surface area contributed by atoms with Crippen LogP contribution in [0.5, 0.6) is 0 Å². The minimum atomic E-state index is -0.132. The summed E-state index contributed by atoms with van der Waals surface area (Å²) in [5, 5.41) is 0. The Morgan fingerprint density at radius 3 is 1.45 bits per heavy atom. The van der Waals surface area contributed by atoms with Crippen molar-refractivity contribution in [2.45, 2.75) is 56.8 Å². The topological polar surface area (TPSA) is 38.7 Å². The Labute approximate surface area is 289 Å². The molecule has 5 aliphatic carbocycles. The van der Waals surface area contributed by atoms with Crippen LogP contribution in [0.4, 0.5) is 0 Å². The maximum absolute atomic E-state index is 5.20. The lowest BCUT2D eigenvalue weighted by atomic mass is 9.39. The van der Waals surface area contributed by atoms with E-state index in [0.29, 0.717) is 11.6 Å². The van der Waals surface area contributed by atoms with E-state index in [1.807, 2.05) is 6.07 Å². The molecule has 5 aliphatic rings. The lowest BCUT2D eigenvalue weighted by molar-refractivity contribution is -0.0443. The van der Waals surface area contributed by atoms with Gasteiger partial charge in [0.15, 0.2) is 17.5 Å². The quantitative estimate of drug-likeness (QED) is 0.193. The van der Waals surface area contributed by atoms with E-state index in [9.17, 15) is 0 Å². The zero-order chi connectivity index (χ0) is 32.7. The van der Waals surface area contributed by atoms with E-state index in [1.165, 1.54) is 54.4 Å². The fourth-order valence-electron chi connectivity index (χ4n) is 10.8. The zero-order valence-corrected chi connectivity index (χ0v) is 28.3. The Hall–Kier alpha value is -4.89. The van der Waals surface area contributed by atoms with Gasteiger partial charge in [-0.1, -0.05) is 135 Å². The maximum atomic E-state index is 5.20. The monoisotopic (exact) mass is 635 g/mol. The molecule has 240 valence electrons. The van der Waals surface area contributed by atoms with Gasteiger partial charge in [0.2, 0.25) is 0 Å². The molecule has 0 radical (unpaired) electrons. The normalized spacial score (nSPS) is 25.6. The molecule has 6 aromatic rings. The molecule has 0 N–H and O–H groups in total. The van der Waals surface area contributed by atoms with Gasteiger partial charge < -0.3 is 0 Å². The van der Waals surface area contributed by atoms with Crippen molar-refractivity contribution in [1.82, 2.24) is 15.0 Å². The first-order valence-electron chi connectivity index (χ1n) is 18.2. The predicted octanol–water partition coefficient (Wildman–Crippen LogP) is 10.9. The summed E-state index contributed by atoms with van der Waals surface area (Å²) in [6, 6.07) is 46.2. The van der Waals surface area contributed by atoms with Crippen LogP contribution in [0.1, 0.15) is 68.2 Å². The molecule has 5 aromatic carbocycles. The molecule has 11 rings (SSSR count). The molecule has 3 heteroatoms. The van der Waals surface area contributed by atoms with Crippen LogP contribution < -0.4 is 0 Å². The lowest BCUT2D eigenvalue weighted by Gasteiger charge is -2.64. The molecule has 4 fully saturated rings. The Balaban J connectivity index is 1.14. The average Bonchev–Trinajstić information content (AvgIpc) is 3.15. The molecule has 4 saturated carbocycles. The average molecular weight is 636 g/mol. The largest absolute Gasteiger partial charge is 0.208 e. The molecule has 1 aromatic heterocycles. The van der Waals surface area contributed by atoms with Crippen LogP contribution in [-0.4, -0.2) is 15.0 Å². The van der Waals surface area contributed by atoms with Crippen molar-refractivity contribution in [2.75, 3.05) is 0 Å². The first-order chi connectivity index (χ1) is 24.0. The molecule has 3 nitrogen and oxygen atoms in total. The second-order valence-electron chi connectivity index (χ2n) is 15.7. The molecule has 0 amide bonds. The smallest absolute Gasteiger partial charge is 0.164 e. The Kier molecular flexibility index (Phi) is 6.41. The number of nitrogens with zero attached hydrogens (tertiary/aromatic N) is 3. The fourth-order valence-corrected chi connectivity index (χ4v) is 10.8. The van der Waals surface area contributed by atoms with Crippen LogP contribution in [-0.2, 0) is 10.8 Å². The van der Waals surface area contributed by atoms with Gasteiger partial charge in [-0.15, -0.1) is 0 Å². The summed E-state index contributed by atoms with van der Waals surface area (Å²) in [4.78, 5) is 15.4. The minimum Gasteiger partial charge on any atom is -0.208 e. The molecule has 0 atom stereocenters. The summed E-state index contributed by atoms with van der Waals surface area (Å²) < 4.78 is 0. The van der Waals surface area contributed by atoms with Crippen molar-refractivity contribution in [3.05, 3.63) is 150 Å². The molecule has 4 bridgehead atoms. The fraction of sp³-hybridized carbons (Fsp3) is 0.283. The molecule has 0 saturated heterocycles. The van der Waals surface area contributed by atoms with Gasteiger partial charge in [0.05, 0.1) is 0 Å². The highest BCUT2D eigenvalue weighted by Crippen LogP contribution is 2.68. The van der Waals surface area contributed by atoms with E-state index in [1.54, 1.807) is 11.1 Å². The molecule has 1 heterocycles. The summed E-state index contributed by atoms with van der Waals surface area (Å²) in [7, 11) is 0. The summed E-state index contributed by atoms with van der Waals surface area (Å²) in [5.41, 5.74) is 11.5. The second-order valence-corrected chi connectivity index (χ2v) is 15.7. The minimum absolute atomic E-state index is 0.105. The van der Waals surface area contributed by atoms with Gasteiger partial charge in [-0.3, -0.25) is 0 Å². The zero-order valence-electron chi connectivity index (χ0n) is 28.3. The Morgan fingerprint density at radius 1 is 0.408 bits per heavy atom. The summed E-state index contributed by atoms with van der Waals surface area (Å²) in [6.07, 6.45) is 6.97. The van der Waals surface area contributed by atoms with Crippen LogP contribution in [0.25, 0.3) is 45.3 Å². The molecular formula is C46H41N3. The third-order valence-corrected chi connectivity index (χ3v) is 12.8. The van der Waals surface area contributed by atoms with Crippen LogP contribution in [0.3, 0.4) is 0 Å². The van der Waals surface area contributed by atoms with Crippen molar-refractivity contribution < 1.29 is 0 Å². The van der Waals surface area contributed by atoms with Crippen LogP contribution in [0.2, 0.25) is 0 Å². The van der Waals surface area contributed by atoms with Gasteiger partial charge >= 0.3 is 0 Å². The van der Waals surface area contributed by atoms with Crippen LogP contribution in [0, 0.1) is 23.7 Å². The number of benzene rings is 5. The highest BCUT2D eigenvalue weighted by atomic mass is 15.0. The number of fused-ring (bicyclic) bond motifs is 2. The molecule has 49 heavy (non-hydrogen) atoms. The van der Waals surface area contributed by atoms with Crippen molar-refractivity contribution in [2.24, 2.45) is 23.7 Å². The molecular weight excluding hydrogens is 595 g/mol. The highest BCUT2D eigenvalue weighted by molar-refractivity contribution is 5.72. The van der Waals surface area contributed by atoms with Gasteiger partial charge in [-0.05, 0) is 95.2 Å². The van der Waals surface area contributed by atoms with E-state index in [-0.39, 0.29) is 10.8 Å². The standard InChI is InChI=1S/C46H41N3/c1-45(2)38-15-9-10-16-39(38)46(36-24-29-23-30(26-36)27-37(46)25-29)40-22-21-35(28-41(40)45)44-48-42(33-13-7-4-8-14-33)47-43(49-44)34-19-17-32(18-20-34)31-11-5-3-6-12-31/h3-22,28-30,36-37H,23-27H2,1-2H3. The van der Waals surface area contributed by atoms with E-state index >= 15 is 0 Å². The van der Waals surface area contributed by atoms with Crippen molar-refractivity contribution in [1.29, 1.82) is 0 Å². The van der Waals surface area contributed by atoms with Gasteiger partial charge in [0, 0.05) is 27.5 Å². The van der Waals surface area contributed by atoms with Gasteiger partial charge in [0.25, 0.3) is 0 Å². The van der Waals surface area contributed by atoms with Crippen LogP contribution >= 0.6 is 0 Å². The maximum Gasteiger partial charge on any atom is 0.164 e. The number of rotatable bonds is 4. The van der Waals surface area contributed by atoms with Crippen LogP contribution in [0.15, 0.2) is 127 Å². The van der Waals surface area contributed by atoms with Gasteiger partial charge in [-0.25, -0.2) is 15.0 Å². The molecule has 0 unspecified atom stereocenters. The number of hydrogen-bond donors (Lipinski definition) is 0. The van der Waals surface area contributed by atoms with Crippen molar-refractivity contribution in [3.63, 3.8) is 0 Å². The first kappa shape index (κ1) is 29.1. The molecule has 0 aliphatic heterocycles. The van der Waals surface area contributed by atoms with E-state index in [0.717, 1.165) is 46.2 Å². The first-order valence-corrected chi connectivity index (χ1v) is 18.2. The summed E-state index contributed by atoms with van der Waals surface area (Å²) in [5.74, 6) is 5.40. The number of hydrogen-bond acceptors (Lipinski definition) is 3. The third-order valence-electron chi connectivity index (χ3n) is 12.8. The summed E-state index contributed by atoms with van der Waals surface area (Å²) in [6.45, 7) is 4.86. The van der Waals surface area contributed by atoms with E-state index < -0.39 is 0 Å². The van der Waals surface area contributed by atoms with Gasteiger partial charge in [-0.2, -0.15) is 0 Å². The van der Waals surface area contributed by atoms with Gasteiger partial charge in [0.1, 0.15) is 0 Å². The Bertz CT molecular complexity index is 2170. The van der Waals surface area contributed by atoms with E-state index in [2.05, 4.69) is 135 Å². The lowest BCUT2D eigenvalue weighted by Crippen LogP contribution is -2.58.